The van der Waals surface area contributed by atoms with Crippen LogP contribution in [0.3, 0.4) is 0 Å². The van der Waals surface area contributed by atoms with Gasteiger partial charge >= 0.3 is 0 Å². The summed E-state index contributed by atoms with van der Waals surface area (Å²) in [7, 11) is -7.22. The Hall–Kier alpha value is -1.70. The first-order valence-corrected chi connectivity index (χ1v) is 10.7. The van der Waals surface area contributed by atoms with E-state index >= 15 is 0 Å². The van der Waals surface area contributed by atoms with Crippen molar-refractivity contribution in [3.8, 4) is 0 Å². The molecule has 0 heterocycles. The zero-order valence-electron chi connectivity index (χ0n) is 13.7. The van der Waals surface area contributed by atoms with Crippen molar-refractivity contribution in [1.82, 2.24) is 4.31 Å². The molecule has 5 nitrogen and oxygen atoms in total. The number of sulfonamides is 1. The molecule has 0 fully saturated rings. The Labute approximate surface area is 143 Å². The lowest BCUT2D eigenvalue weighted by Crippen LogP contribution is -2.35. The monoisotopic (exact) mass is 367 g/mol. The highest BCUT2D eigenvalue weighted by molar-refractivity contribution is 7.91. The number of benzene rings is 2. The summed E-state index contributed by atoms with van der Waals surface area (Å²) in [6, 6.07) is 14.6. The van der Waals surface area contributed by atoms with Gasteiger partial charge in [-0.3, -0.25) is 0 Å². The van der Waals surface area contributed by atoms with E-state index in [1.54, 1.807) is 49.4 Å². The molecule has 0 aliphatic rings. The molecule has 7 heteroatoms. The number of hydrogen-bond donors (Lipinski definition) is 0. The Morgan fingerprint density at radius 3 is 1.96 bits per heavy atom. The van der Waals surface area contributed by atoms with Gasteiger partial charge in [0.05, 0.1) is 15.5 Å². The molecule has 0 N–H and O–H groups in total. The second-order valence-electron chi connectivity index (χ2n) is 5.44. The van der Waals surface area contributed by atoms with Crippen LogP contribution in [0.4, 0.5) is 0 Å². The number of sulfone groups is 1. The Kier molecular flexibility index (Phi) is 5.79. The normalized spacial score (nSPS) is 12.5. The van der Waals surface area contributed by atoms with Gasteiger partial charge in [0.15, 0.2) is 9.84 Å². The van der Waals surface area contributed by atoms with Gasteiger partial charge in [-0.1, -0.05) is 42.8 Å². The van der Waals surface area contributed by atoms with E-state index in [1.807, 2.05) is 6.92 Å². The smallest absolute Gasteiger partial charge is 0.224 e. The predicted octanol–water partition coefficient (Wildman–Crippen LogP) is 2.48. The van der Waals surface area contributed by atoms with Gasteiger partial charge in [0.2, 0.25) is 10.0 Å². The van der Waals surface area contributed by atoms with Crippen LogP contribution in [-0.4, -0.2) is 40.0 Å². The zero-order chi connectivity index (χ0) is 17.8. The van der Waals surface area contributed by atoms with Gasteiger partial charge in [-0.25, -0.2) is 16.8 Å². The summed E-state index contributed by atoms with van der Waals surface area (Å²) in [5.41, 5.74) is 0.962. The van der Waals surface area contributed by atoms with Crippen molar-refractivity contribution >= 4 is 19.9 Å². The first kappa shape index (κ1) is 18.6. The molecule has 0 radical (unpaired) electrons. The second-order valence-corrected chi connectivity index (χ2v) is 9.49. The minimum absolute atomic E-state index is 0.0794. The molecule has 0 aromatic heterocycles. The number of aryl methyl sites for hydroxylation is 1. The summed E-state index contributed by atoms with van der Waals surface area (Å²) in [6.07, 6.45) is 0. The van der Waals surface area contributed by atoms with Crippen molar-refractivity contribution in [1.29, 1.82) is 0 Å². The first-order chi connectivity index (χ1) is 11.3. The highest BCUT2D eigenvalue weighted by Crippen LogP contribution is 2.17. The fourth-order valence-electron chi connectivity index (χ4n) is 2.28. The van der Waals surface area contributed by atoms with E-state index in [-0.39, 0.29) is 28.6 Å². The van der Waals surface area contributed by atoms with Crippen LogP contribution >= 0.6 is 0 Å². The lowest BCUT2D eigenvalue weighted by Gasteiger charge is -2.20. The van der Waals surface area contributed by atoms with Crippen molar-refractivity contribution in [2.75, 3.05) is 18.8 Å². The third-order valence-corrected chi connectivity index (χ3v) is 7.42. The average Bonchev–Trinajstić information content (AvgIpc) is 2.56. The molecule has 0 saturated heterocycles. The van der Waals surface area contributed by atoms with Gasteiger partial charge in [0.1, 0.15) is 0 Å². The molecule has 130 valence electrons. The molecule has 0 aliphatic carbocycles. The minimum atomic E-state index is -3.70. The predicted molar refractivity (Wildman–Crippen MR) is 94.1 cm³/mol. The fourth-order valence-corrected chi connectivity index (χ4v) is 5.11. The van der Waals surface area contributed by atoms with Gasteiger partial charge < -0.3 is 0 Å². The maximum Gasteiger partial charge on any atom is 0.243 e. The Morgan fingerprint density at radius 2 is 1.42 bits per heavy atom. The summed E-state index contributed by atoms with van der Waals surface area (Å²) < 4.78 is 51.2. The lowest BCUT2D eigenvalue weighted by atomic mass is 10.2. The van der Waals surface area contributed by atoms with Gasteiger partial charge in [-0.15, -0.1) is 0 Å². The van der Waals surface area contributed by atoms with E-state index in [0.29, 0.717) is 0 Å². The summed E-state index contributed by atoms with van der Waals surface area (Å²) in [4.78, 5) is 0.376. The molecular weight excluding hydrogens is 346 g/mol. The number of rotatable bonds is 7. The van der Waals surface area contributed by atoms with Crippen molar-refractivity contribution < 1.29 is 16.8 Å². The van der Waals surface area contributed by atoms with E-state index < -0.39 is 19.9 Å². The van der Waals surface area contributed by atoms with Gasteiger partial charge in [-0.05, 0) is 31.2 Å². The van der Waals surface area contributed by atoms with Gasteiger partial charge in [0.25, 0.3) is 0 Å². The van der Waals surface area contributed by atoms with Crippen molar-refractivity contribution in [2.45, 2.75) is 23.6 Å². The maximum absolute atomic E-state index is 12.7. The third-order valence-electron chi connectivity index (χ3n) is 3.72. The SMILES string of the molecule is CCN(CCS(=O)(=O)c1ccccc1)S(=O)(=O)c1ccc(C)cc1. The third kappa shape index (κ3) is 4.23. The molecule has 0 aliphatic heterocycles. The molecule has 0 spiro atoms. The van der Waals surface area contributed by atoms with Crippen LogP contribution in [0, 0.1) is 6.92 Å². The molecule has 0 amide bonds. The molecule has 2 rings (SSSR count). The van der Waals surface area contributed by atoms with Crippen molar-refractivity contribution in [3.05, 3.63) is 60.2 Å². The Bertz CT molecular complexity index is 874. The van der Waals surface area contributed by atoms with Crippen molar-refractivity contribution in [2.24, 2.45) is 0 Å². The fraction of sp³-hybridized carbons (Fsp3) is 0.294. The quantitative estimate of drug-likeness (QED) is 0.754. The number of nitrogens with zero attached hydrogens (tertiary/aromatic N) is 1. The first-order valence-electron chi connectivity index (χ1n) is 7.62. The zero-order valence-corrected chi connectivity index (χ0v) is 15.3. The summed E-state index contributed by atoms with van der Waals surface area (Å²) in [6.45, 7) is 3.70. The summed E-state index contributed by atoms with van der Waals surface area (Å²) in [5.74, 6) is -0.254. The van der Waals surface area contributed by atoms with Crippen LogP contribution in [0.25, 0.3) is 0 Å². The topological polar surface area (TPSA) is 71.5 Å². The maximum atomic E-state index is 12.7. The van der Waals surface area contributed by atoms with Crippen LogP contribution in [0.5, 0.6) is 0 Å². The van der Waals surface area contributed by atoms with E-state index in [9.17, 15) is 16.8 Å². The molecule has 0 atom stereocenters. The second kappa shape index (κ2) is 7.46. The number of hydrogen-bond acceptors (Lipinski definition) is 4. The van der Waals surface area contributed by atoms with Crippen molar-refractivity contribution in [3.63, 3.8) is 0 Å². The Morgan fingerprint density at radius 1 is 0.833 bits per heavy atom. The highest BCUT2D eigenvalue weighted by atomic mass is 32.2. The summed E-state index contributed by atoms with van der Waals surface area (Å²) in [5, 5.41) is 0. The molecule has 0 saturated carbocycles. The van der Waals surface area contributed by atoms with E-state index in [2.05, 4.69) is 0 Å². The molecule has 0 bridgehead atoms. The molecule has 2 aromatic carbocycles. The van der Waals surface area contributed by atoms with Gasteiger partial charge in [0, 0.05) is 13.1 Å². The van der Waals surface area contributed by atoms with Crippen LogP contribution in [0.15, 0.2) is 64.4 Å². The minimum Gasteiger partial charge on any atom is -0.224 e. The molecule has 2 aromatic rings. The Balaban J connectivity index is 2.19. The standard InChI is InChI=1S/C17H21NO4S2/c1-3-18(24(21,22)17-11-9-15(2)10-12-17)13-14-23(19,20)16-7-5-4-6-8-16/h4-12H,3,13-14H2,1-2H3. The van der Waals surface area contributed by atoms with Crippen LogP contribution < -0.4 is 0 Å². The molecule has 0 unspecified atom stereocenters. The van der Waals surface area contributed by atoms with Crippen LogP contribution in [0.2, 0.25) is 0 Å². The largest absolute Gasteiger partial charge is 0.243 e. The van der Waals surface area contributed by atoms with E-state index in [1.165, 1.54) is 16.4 Å². The molecule has 24 heavy (non-hydrogen) atoms. The van der Waals surface area contributed by atoms with Crippen LogP contribution in [-0.2, 0) is 19.9 Å². The van der Waals surface area contributed by atoms with E-state index in [0.717, 1.165) is 5.56 Å². The average molecular weight is 367 g/mol. The van der Waals surface area contributed by atoms with Crippen LogP contribution in [0.1, 0.15) is 12.5 Å². The van der Waals surface area contributed by atoms with E-state index in [4.69, 9.17) is 0 Å². The summed E-state index contributed by atoms with van der Waals surface area (Å²) >= 11 is 0. The highest BCUT2D eigenvalue weighted by Gasteiger charge is 2.25. The lowest BCUT2D eigenvalue weighted by molar-refractivity contribution is 0.444. The van der Waals surface area contributed by atoms with Gasteiger partial charge in [-0.2, -0.15) is 4.31 Å². The molecular formula is C17H21NO4S2.